The minimum Gasteiger partial charge on any atom is -0.444 e. The number of nitrogens with zero attached hydrogens (tertiary/aromatic N) is 1. The Kier molecular flexibility index (Phi) is 10.4. The summed E-state index contributed by atoms with van der Waals surface area (Å²) in [6.45, 7) is 17.3. The van der Waals surface area contributed by atoms with Crippen molar-refractivity contribution in [1.29, 1.82) is 0 Å². The molecule has 1 unspecified atom stereocenters. The monoisotopic (exact) mass is 461 g/mol. The molecule has 7 nitrogen and oxygen atoms in total. The van der Waals surface area contributed by atoms with E-state index in [9.17, 15) is 14.4 Å². The van der Waals surface area contributed by atoms with E-state index in [1.807, 2.05) is 52.8 Å². The van der Waals surface area contributed by atoms with Crippen molar-refractivity contribution >= 4 is 17.9 Å². The summed E-state index contributed by atoms with van der Waals surface area (Å²) in [7, 11) is 0. The van der Waals surface area contributed by atoms with Gasteiger partial charge in [0.15, 0.2) is 0 Å². The standard InChI is InChI=1S/C26H43N3O4/c1-10-11-12-13-27-23(31)22(20-15-18(2)14-19(3)16-20)29(25(4,5)6)21(30)17-28-24(32)33-26(7,8)9/h14-16,22H,10-13,17H2,1-9H3,(H,27,31)(H,28,32). The third-order valence-corrected chi connectivity index (χ3v) is 4.92. The fraction of sp³-hybridized carbons (Fsp3) is 0.654. The van der Waals surface area contributed by atoms with Crippen LogP contribution in [0.2, 0.25) is 0 Å². The summed E-state index contributed by atoms with van der Waals surface area (Å²) in [4.78, 5) is 40.5. The van der Waals surface area contributed by atoms with Crippen LogP contribution in [-0.2, 0) is 14.3 Å². The number of carbonyl (C=O) groups is 3. The van der Waals surface area contributed by atoms with Gasteiger partial charge in [0.2, 0.25) is 11.8 Å². The topological polar surface area (TPSA) is 87.7 Å². The van der Waals surface area contributed by atoms with Crippen LogP contribution in [0.3, 0.4) is 0 Å². The van der Waals surface area contributed by atoms with Gasteiger partial charge in [-0.2, -0.15) is 0 Å². The molecule has 3 amide bonds. The molecule has 0 saturated carbocycles. The van der Waals surface area contributed by atoms with Crippen LogP contribution in [-0.4, -0.2) is 47.0 Å². The van der Waals surface area contributed by atoms with E-state index >= 15 is 0 Å². The van der Waals surface area contributed by atoms with Crippen LogP contribution in [0.15, 0.2) is 18.2 Å². The maximum absolute atomic E-state index is 13.4. The molecule has 0 aliphatic rings. The summed E-state index contributed by atoms with van der Waals surface area (Å²) in [6, 6.07) is 5.10. The second-order valence-corrected chi connectivity index (χ2v) is 10.6. The van der Waals surface area contributed by atoms with Gasteiger partial charge in [-0.15, -0.1) is 0 Å². The molecule has 0 radical (unpaired) electrons. The van der Waals surface area contributed by atoms with Crippen LogP contribution in [0.25, 0.3) is 0 Å². The molecule has 7 heteroatoms. The van der Waals surface area contributed by atoms with Crippen LogP contribution in [0, 0.1) is 13.8 Å². The molecule has 1 rings (SSSR count). The van der Waals surface area contributed by atoms with Gasteiger partial charge in [-0.3, -0.25) is 9.59 Å². The highest BCUT2D eigenvalue weighted by Crippen LogP contribution is 2.30. The lowest BCUT2D eigenvalue weighted by Gasteiger charge is -2.41. The van der Waals surface area contributed by atoms with Crippen LogP contribution < -0.4 is 10.6 Å². The summed E-state index contributed by atoms with van der Waals surface area (Å²) in [6.07, 6.45) is 2.29. The van der Waals surface area contributed by atoms with E-state index in [0.29, 0.717) is 6.54 Å². The van der Waals surface area contributed by atoms with Crippen LogP contribution in [0.4, 0.5) is 4.79 Å². The summed E-state index contributed by atoms with van der Waals surface area (Å²) >= 11 is 0. The number of hydrogen-bond donors (Lipinski definition) is 2. The first-order chi connectivity index (χ1) is 15.2. The normalized spacial score (nSPS) is 12.6. The first kappa shape index (κ1) is 28.5. The highest BCUT2D eigenvalue weighted by Gasteiger charge is 2.38. The molecule has 1 aromatic rings. The Hall–Kier alpha value is -2.57. The molecule has 1 atom stereocenters. The highest BCUT2D eigenvalue weighted by molar-refractivity contribution is 5.91. The minimum atomic E-state index is -0.821. The summed E-state index contributed by atoms with van der Waals surface area (Å²) in [5.41, 5.74) is 1.44. The Morgan fingerprint density at radius 3 is 2.00 bits per heavy atom. The fourth-order valence-corrected chi connectivity index (χ4v) is 3.72. The molecule has 0 fully saturated rings. The number of amides is 3. The number of benzene rings is 1. The van der Waals surface area contributed by atoms with Crippen LogP contribution >= 0.6 is 0 Å². The van der Waals surface area contributed by atoms with Gasteiger partial charge in [-0.25, -0.2) is 4.79 Å². The Morgan fingerprint density at radius 2 is 1.52 bits per heavy atom. The van der Waals surface area contributed by atoms with Crippen LogP contribution in [0.1, 0.15) is 90.5 Å². The zero-order chi connectivity index (χ0) is 25.4. The summed E-state index contributed by atoms with van der Waals surface area (Å²) in [5.74, 6) is -0.585. The van der Waals surface area contributed by atoms with Crippen LogP contribution in [0.5, 0.6) is 0 Å². The van der Waals surface area contributed by atoms with Gasteiger partial charge in [-0.1, -0.05) is 49.1 Å². The number of unbranched alkanes of at least 4 members (excludes halogenated alkanes) is 2. The van der Waals surface area contributed by atoms with Gasteiger partial charge in [0.1, 0.15) is 18.2 Å². The molecule has 0 spiro atoms. The van der Waals surface area contributed by atoms with E-state index in [1.165, 1.54) is 0 Å². The number of hydrogen-bond acceptors (Lipinski definition) is 4. The molecule has 0 saturated heterocycles. The van der Waals surface area contributed by atoms with E-state index < -0.39 is 23.3 Å². The lowest BCUT2D eigenvalue weighted by atomic mass is 9.94. The molecule has 0 heterocycles. The van der Waals surface area contributed by atoms with Crippen molar-refractivity contribution in [2.45, 2.75) is 98.8 Å². The molecule has 0 aliphatic carbocycles. The molecule has 0 aromatic heterocycles. The van der Waals surface area contributed by atoms with Gasteiger partial charge < -0.3 is 20.3 Å². The van der Waals surface area contributed by atoms with Crippen molar-refractivity contribution in [3.8, 4) is 0 Å². The SMILES string of the molecule is CCCCCNC(=O)C(c1cc(C)cc(C)c1)N(C(=O)CNC(=O)OC(C)(C)C)C(C)(C)C. The smallest absolute Gasteiger partial charge is 0.408 e. The van der Waals surface area contributed by atoms with Crippen molar-refractivity contribution in [3.63, 3.8) is 0 Å². The number of carbonyl (C=O) groups excluding carboxylic acids is 3. The fourth-order valence-electron chi connectivity index (χ4n) is 3.72. The van der Waals surface area contributed by atoms with E-state index in [-0.39, 0.29) is 18.4 Å². The lowest BCUT2D eigenvalue weighted by Crippen LogP contribution is -2.55. The average molecular weight is 462 g/mol. The van der Waals surface area contributed by atoms with Gasteiger partial charge in [0.05, 0.1) is 0 Å². The first-order valence-electron chi connectivity index (χ1n) is 11.8. The van der Waals surface area contributed by atoms with Crippen molar-refractivity contribution in [2.24, 2.45) is 0 Å². The van der Waals surface area contributed by atoms with E-state index in [2.05, 4.69) is 17.6 Å². The third kappa shape index (κ3) is 9.84. The van der Waals surface area contributed by atoms with Crippen molar-refractivity contribution in [2.75, 3.05) is 13.1 Å². The number of ether oxygens (including phenoxy) is 1. The highest BCUT2D eigenvalue weighted by atomic mass is 16.6. The van der Waals surface area contributed by atoms with Crippen molar-refractivity contribution in [3.05, 3.63) is 34.9 Å². The minimum absolute atomic E-state index is 0.225. The van der Waals surface area contributed by atoms with Gasteiger partial charge in [0.25, 0.3) is 0 Å². The maximum Gasteiger partial charge on any atom is 0.408 e. The van der Waals surface area contributed by atoms with E-state index in [4.69, 9.17) is 4.74 Å². The summed E-state index contributed by atoms with van der Waals surface area (Å²) < 4.78 is 5.25. The summed E-state index contributed by atoms with van der Waals surface area (Å²) in [5, 5.41) is 5.55. The molecular formula is C26H43N3O4. The van der Waals surface area contributed by atoms with Gasteiger partial charge in [0, 0.05) is 12.1 Å². The number of aryl methyl sites for hydroxylation is 2. The third-order valence-electron chi connectivity index (χ3n) is 4.92. The molecule has 1 aromatic carbocycles. The zero-order valence-electron chi connectivity index (χ0n) is 21.9. The molecule has 2 N–H and O–H groups in total. The lowest BCUT2D eigenvalue weighted by molar-refractivity contribution is -0.145. The zero-order valence-corrected chi connectivity index (χ0v) is 21.9. The molecule has 0 aliphatic heterocycles. The van der Waals surface area contributed by atoms with Gasteiger partial charge >= 0.3 is 6.09 Å². The van der Waals surface area contributed by atoms with Crippen molar-refractivity contribution < 1.29 is 19.1 Å². The second kappa shape index (κ2) is 12.1. The maximum atomic E-state index is 13.4. The Balaban J connectivity index is 3.27. The molecular weight excluding hydrogens is 418 g/mol. The number of nitrogens with one attached hydrogen (secondary N) is 2. The molecule has 33 heavy (non-hydrogen) atoms. The Morgan fingerprint density at radius 1 is 0.939 bits per heavy atom. The molecule has 186 valence electrons. The Labute approximate surface area is 199 Å². The quantitative estimate of drug-likeness (QED) is 0.517. The second-order valence-electron chi connectivity index (χ2n) is 10.6. The number of rotatable bonds is 9. The van der Waals surface area contributed by atoms with Gasteiger partial charge in [-0.05, 0) is 67.4 Å². The predicted molar refractivity (Wildman–Crippen MR) is 132 cm³/mol. The van der Waals surface area contributed by atoms with E-state index in [0.717, 1.165) is 36.0 Å². The molecule has 0 bridgehead atoms. The largest absolute Gasteiger partial charge is 0.444 e. The van der Waals surface area contributed by atoms with Crippen molar-refractivity contribution in [1.82, 2.24) is 15.5 Å². The predicted octanol–water partition coefficient (Wildman–Crippen LogP) is 4.80. The Bertz CT molecular complexity index is 802. The van der Waals surface area contributed by atoms with E-state index in [1.54, 1.807) is 25.7 Å². The first-order valence-corrected chi connectivity index (χ1v) is 11.8. The number of alkyl carbamates (subject to hydrolysis) is 1. The average Bonchev–Trinajstić information content (AvgIpc) is 2.64.